The number of carbonyl (C=O) groups excluding carboxylic acids is 1. The fourth-order valence-electron chi connectivity index (χ4n) is 2.63. The summed E-state index contributed by atoms with van der Waals surface area (Å²) < 4.78 is 15.2. The van der Waals surface area contributed by atoms with Crippen LogP contribution < -0.4 is 16.0 Å². The zero-order chi connectivity index (χ0) is 26.2. The van der Waals surface area contributed by atoms with E-state index in [1.807, 2.05) is 39.8 Å². The van der Waals surface area contributed by atoms with Crippen molar-refractivity contribution in [1.82, 2.24) is 5.32 Å². The number of amides is 1. The highest BCUT2D eigenvalue weighted by Crippen LogP contribution is 2.31. The summed E-state index contributed by atoms with van der Waals surface area (Å²) in [5, 5.41) is 10.1. The molecule has 1 aromatic carbocycles. The van der Waals surface area contributed by atoms with E-state index in [2.05, 4.69) is 18.3 Å². The monoisotopic (exact) mass is 511 g/mol. The normalized spacial score (nSPS) is 11.6. The number of aryl methyl sites for hydroxylation is 2. The van der Waals surface area contributed by atoms with Crippen molar-refractivity contribution in [1.29, 1.82) is 0 Å². The Morgan fingerprint density at radius 3 is 2.21 bits per heavy atom. The largest absolute Gasteiger partial charge is 0.480 e. The lowest BCUT2D eigenvalue weighted by molar-refractivity contribution is -0.135. The van der Waals surface area contributed by atoms with E-state index in [1.165, 1.54) is 0 Å². The quantitative estimate of drug-likeness (QED) is 0.234. The number of hydrogen-bond donors (Lipinski definition) is 5. The standard InChI is InChI=1S/C15H22ClNO2.C3H8NO5P.C3H9N/c1-5-13-8-6-7-11(2)15(13)17(14(18)9-16)12(3)10-19-4;5-3(6)1-4-2-10(7,8)9;1-3(2)4/h6-8,12H,5,9-10H2,1-4H3;4H,1-2H2,(H,5,6)(H2,7,8,9);3H,4H2,1-2H3. The molecule has 0 fully saturated rings. The van der Waals surface area contributed by atoms with Crippen LogP contribution in [0.1, 0.15) is 38.8 Å². The number of carboxylic acid groups (broad SMARTS) is 1. The van der Waals surface area contributed by atoms with Gasteiger partial charge in [0.05, 0.1) is 31.2 Å². The SMILES string of the molecule is CC(C)N.CCc1cccc(C)c1N(C(=O)CCl)C(C)COC.O=C(O)CNCP(=O)(O)O. The van der Waals surface area contributed by atoms with Crippen molar-refractivity contribution in [3.05, 3.63) is 29.3 Å². The first-order valence-corrected chi connectivity index (χ1v) is 12.7. The van der Waals surface area contributed by atoms with E-state index in [1.54, 1.807) is 12.0 Å². The van der Waals surface area contributed by atoms with Gasteiger partial charge >= 0.3 is 13.6 Å². The molecular weight excluding hydrogens is 473 g/mol. The van der Waals surface area contributed by atoms with Crippen LogP contribution in [0.4, 0.5) is 5.69 Å². The fraction of sp³-hybridized carbons (Fsp3) is 0.619. The molecule has 0 saturated carbocycles. The van der Waals surface area contributed by atoms with Crippen LogP contribution in [0.3, 0.4) is 0 Å². The summed E-state index contributed by atoms with van der Waals surface area (Å²) in [6.07, 6.45) is 0.280. The Bertz CT molecular complexity index is 757. The first kappa shape index (κ1) is 33.7. The third kappa shape index (κ3) is 16.7. The molecule has 192 valence electrons. The van der Waals surface area contributed by atoms with Crippen LogP contribution >= 0.6 is 19.2 Å². The Morgan fingerprint density at radius 1 is 1.27 bits per heavy atom. The molecule has 12 heteroatoms. The highest BCUT2D eigenvalue weighted by molar-refractivity contribution is 7.51. The van der Waals surface area contributed by atoms with Gasteiger partial charge < -0.3 is 30.3 Å². The van der Waals surface area contributed by atoms with Crippen molar-refractivity contribution in [2.45, 2.75) is 53.1 Å². The van der Waals surface area contributed by atoms with Crippen LogP contribution in [0.2, 0.25) is 0 Å². The second-order valence-corrected chi connectivity index (χ2v) is 9.44. The lowest BCUT2D eigenvalue weighted by Crippen LogP contribution is -2.43. The number of alkyl halides is 1. The van der Waals surface area contributed by atoms with Gasteiger partial charge in [0.1, 0.15) is 5.88 Å². The average molecular weight is 512 g/mol. The first-order valence-electron chi connectivity index (χ1n) is 10.4. The third-order valence-electron chi connectivity index (χ3n) is 3.77. The Balaban J connectivity index is 0. The summed E-state index contributed by atoms with van der Waals surface area (Å²) in [5.41, 5.74) is 8.32. The third-order valence-corrected chi connectivity index (χ3v) is 4.63. The van der Waals surface area contributed by atoms with E-state index < -0.39 is 26.4 Å². The van der Waals surface area contributed by atoms with Crippen LogP contribution in [0, 0.1) is 6.92 Å². The molecule has 0 spiro atoms. The Labute approximate surface area is 201 Å². The number of nitrogens with zero attached hydrogens (tertiary/aromatic N) is 1. The minimum absolute atomic E-state index is 0.0223. The predicted molar refractivity (Wildman–Crippen MR) is 132 cm³/mol. The van der Waals surface area contributed by atoms with E-state index >= 15 is 0 Å². The average Bonchev–Trinajstić information content (AvgIpc) is 2.68. The number of ether oxygens (including phenoxy) is 1. The van der Waals surface area contributed by atoms with Crippen LogP contribution in [-0.4, -0.2) is 71.3 Å². The number of carboxylic acids is 1. The number of halogens is 1. The van der Waals surface area contributed by atoms with Gasteiger partial charge in [-0.05, 0) is 37.4 Å². The van der Waals surface area contributed by atoms with Crippen LogP contribution in [0.15, 0.2) is 18.2 Å². The molecule has 0 saturated heterocycles. The number of nitrogens with one attached hydrogen (secondary N) is 1. The summed E-state index contributed by atoms with van der Waals surface area (Å²) in [6, 6.07) is 6.38. The van der Waals surface area contributed by atoms with Gasteiger partial charge in [0.25, 0.3) is 0 Å². The molecule has 0 aliphatic carbocycles. The molecule has 1 unspecified atom stereocenters. The molecule has 1 rings (SSSR count). The molecule has 0 radical (unpaired) electrons. The Morgan fingerprint density at radius 2 is 1.82 bits per heavy atom. The van der Waals surface area contributed by atoms with E-state index in [4.69, 9.17) is 37.0 Å². The van der Waals surface area contributed by atoms with Gasteiger partial charge in [-0.3, -0.25) is 19.5 Å². The number of methoxy groups -OCH3 is 1. The summed E-state index contributed by atoms with van der Waals surface area (Å²) in [5.74, 6) is -1.25. The molecule has 1 atom stereocenters. The predicted octanol–water partition coefficient (Wildman–Crippen LogP) is 2.31. The van der Waals surface area contributed by atoms with Crippen LogP contribution in [-0.2, 0) is 25.3 Å². The van der Waals surface area contributed by atoms with Gasteiger partial charge in [-0.25, -0.2) is 0 Å². The number of hydrogen-bond acceptors (Lipinski definition) is 6. The van der Waals surface area contributed by atoms with Crippen molar-refractivity contribution in [3.63, 3.8) is 0 Å². The maximum Gasteiger partial charge on any atom is 0.339 e. The minimum Gasteiger partial charge on any atom is -0.480 e. The molecule has 0 heterocycles. The Kier molecular flexibility index (Phi) is 18.2. The number of para-hydroxylation sites is 1. The summed E-state index contributed by atoms with van der Waals surface area (Å²) in [6.45, 7) is 10.0. The highest BCUT2D eigenvalue weighted by Gasteiger charge is 2.24. The van der Waals surface area contributed by atoms with Gasteiger partial charge in [-0.2, -0.15) is 0 Å². The number of benzene rings is 1. The van der Waals surface area contributed by atoms with Crippen LogP contribution in [0.25, 0.3) is 0 Å². The molecule has 0 aromatic heterocycles. The maximum absolute atomic E-state index is 12.2. The molecule has 33 heavy (non-hydrogen) atoms. The summed E-state index contributed by atoms with van der Waals surface area (Å²) in [4.78, 5) is 40.1. The van der Waals surface area contributed by atoms with E-state index in [9.17, 15) is 14.2 Å². The van der Waals surface area contributed by atoms with Gasteiger partial charge in [0, 0.05) is 7.11 Å². The molecule has 6 N–H and O–H groups in total. The number of carbonyl (C=O) groups is 2. The lowest BCUT2D eigenvalue weighted by atomic mass is 10.0. The van der Waals surface area contributed by atoms with Gasteiger partial charge in [-0.1, -0.05) is 39.0 Å². The van der Waals surface area contributed by atoms with E-state index in [0.29, 0.717) is 12.6 Å². The van der Waals surface area contributed by atoms with Gasteiger partial charge in [-0.15, -0.1) is 11.6 Å². The van der Waals surface area contributed by atoms with Crippen molar-refractivity contribution < 1.29 is 33.8 Å². The number of aliphatic carboxylic acids is 1. The molecule has 1 aromatic rings. The fourth-order valence-corrected chi connectivity index (χ4v) is 3.16. The number of anilines is 1. The summed E-state index contributed by atoms with van der Waals surface area (Å²) in [7, 11) is -2.46. The van der Waals surface area contributed by atoms with Gasteiger partial charge in [0.2, 0.25) is 5.91 Å². The molecule has 0 bridgehead atoms. The van der Waals surface area contributed by atoms with Crippen LogP contribution in [0.5, 0.6) is 0 Å². The molecule has 10 nitrogen and oxygen atoms in total. The number of nitrogens with two attached hydrogens (primary N) is 1. The van der Waals surface area contributed by atoms with Crippen molar-refractivity contribution in [3.8, 4) is 0 Å². The second kappa shape index (κ2) is 17.9. The number of rotatable bonds is 10. The zero-order valence-corrected chi connectivity index (χ0v) is 21.9. The minimum atomic E-state index is -4.10. The molecular formula is C21H39ClN3O7P. The molecule has 0 aliphatic heterocycles. The van der Waals surface area contributed by atoms with E-state index in [0.717, 1.165) is 23.2 Å². The van der Waals surface area contributed by atoms with Gasteiger partial charge in [0.15, 0.2) is 0 Å². The van der Waals surface area contributed by atoms with Crippen molar-refractivity contribution in [2.24, 2.45) is 5.73 Å². The molecule has 1 amide bonds. The topological polar surface area (TPSA) is 162 Å². The second-order valence-electron chi connectivity index (χ2n) is 7.53. The smallest absolute Gasteiger partial charge is 0.339 e. The van der Waals surface area contributed by atoms with Crippen molar-refractivity contribution >= 4 is 36.8 Å². The highest BCUT2D eigenvalue weighted by atomic mass is 35.5. The Hall–Kier alpha value is -1.52. The first-order chi connectivity index (χ1) is 15.2. The lowest BCUT2D eigenvalue weighted by Gasteiger charge is -2.31. The maximum atomic E-state index is 12.2. The van der Waals surface area contributed by atoms with Crippen molar-refractivity contribution in [2.75, 3.05) is 37.3 Å². The zero-order valence-electron chi connectivity index (χ0n) is 20.2. The van der Waals surface area contributed by atoms with E-state index in [-0.39, 0.29) is 17.8 Å². The molecule has 0 aliphatic rings. The summed E-state index contributed by atoms with van der Waals surface area (Å²) >= 11 is 5.76.